The third kappa shape index (κ3) is 1.06. The van der Waals surface area contributed by atoms with Crippen LogP contribution in [0.25, 0.3) is 0 Å². The second-order valence-corrected chi connectivity index (χ2v) is 2.95. The fourth-order valence-corrected chi connectivity index (χ4v) is 1.35. The first-order chi connectivity index (χ1) is 4.20. The van der Waals surface area contributed by atoms with E-state index >= 15 is 0 Å². The predicted molar refractivity (Wildman–Crippen MR) is 35.5 cm³/mol. The summed E-state index contributed by atoms with van der Waals surface area (Å²) in [5.74, 6) is 0.717. The maximum atomic E-state index is 8.48. The van der Waals surface area contributed by atoms with Gasteiger partial charge in [0.05, 0.1) is 6.07 Å². The Morgan fingerprint density at radius 3 is 2.67 bits per heavy atom. The summed E-state index contributed by atoms with van der Waals surface area (Å²) in [4.78, 5) is 0. The van der Waals surface area contributed by atoms with Gasteiger partial charge in [0.15, 0.2) is 0 Å². The van der Waals surface area contributed by atoms with E-state index < -0.39 is 5.54 Å². The van der Waals surface area contributed by atoms with Gasteiger partial charge in [0, 0.05) is 0 Å². The van der Waals surface area contributed by atoms with Gasteiger partial charge in [0.2, 0.25) is 0 Å². The SMILES string of the molecule is CC[C@H]1C[C@](N)(C#N)C1. The molecule has 0 atom stereocenters. The molecule has 0 heterocycles. The lowest BCUT2D eigenvalue weighted by atomic mass is 9.69. The Morgan fingerprint density at radius 1 is 1.78 bits per heavy atom. The molecule has 1 fully saturated rings. The van der Waals surface area contributed by atoms with Crippen LogP contribution in [0.1, 0.15) is 26.2 Å². The molecule has 2 heteroatoms. The normalized spacial score (nSPS) is 41.2. The summed E-state index contributed by atoms with van der Waals surface area (Å²) in [5, 5.41) is 8.48. The van der Waals surface area contributed by atoms with Gasteiger partial charge in [-0.15, -0.1) is 0 Å². The lowest BCUT2D eigenvalue weighted by molar-refractivity contribution is 0.197. The molecule has 0 aromatic heterocycles. The monoisotopic (exact) mass is 124 g/mol. The molecule has 0 saturated heterocycles. The molecule has 1 aliphatic rings. The van der Waals surface area contributed by atoms with E-state index in [0.717, 1.165) is 18.8 Å². The van der Waals surface area contributed by atoms with Crippen LogP contribution in [0.5, 0.6) is 0 Å². The minimum Gasteiger partial charge on any atom is -0.313 e. The van der Waals surface area contributed by atoms with E-state index in [2.05, 4.69) is 13.0 Å². The molecular formula is C7H12N2. The van der Waals surface area contributed by atoms with Crippen LogP contribution in [0.3, 0.4) is 0 Å². The van der Waals surface area contributed by atoms with Crippen molar-refractivity contribution >= 4 is 0 Å². The summed E-state index contributed by atoms with van der Waals surface area (Å²) < 4.78 is 0. The number of nitrogens with two attached hydrogens (primary N) is 1. The zero-order valence-electron chi connectivity index (χ0n) is 5.72. The summed E-state index contributed by atoms with van der Waals surface area (Å²) in [6, 6.07) is 2.12. The highest BCUT2D eigenvalue weighted by Crippen LogP contribution is 2.36. The van der Waals surface area contributed by atoms with Crippen molar-refractivity contribution in [1.29, 1.82) is 5.26 Å². The fourth-order valence-electron chi connectivity index (χ4n) is 1.35. The first-order valence-corrected chi connectivity index (χ1v) is 3.40. The highest BCUT2D eigenvalue weighted by molar-refractivity contribution is 5.12. The van der Waals surface area contributed by atoms with E-state index in [1.165, 1.54) is 6.42 Å². The number of rotatable bonds is 1. The Kier molecular flexibility index (Phi) is 1.46. The molecular weight excluding hydrogens is 112 g/mol. The summed E-state index contributed by atoms with van der Waals surface area (Å²) in [7, 11) is 0. The van der Waals surface area contributed by atoms with Crippen molar-refractivity contribution in [3.63, 3.8) is 0 Å². The van der Waals surface area contributed by atoms with Gasteiger partial charge in [0.25, 0.3) is 0 Å². The first kappa shape index (κ1) is 6.57. The average Bonchev–Trinajstić information content (AvgIpc) is 1.81. The third-order valence-electron chi connectivity index (χ3n) is 2.11. The molecule has 0 bridgehead atoms. The molecule has 0 aromatic rings. The van der Waals surface area contributed by atoms with Crippen molar-refractivity contribution in [3.05, 3.63) is 0 Å². The maximum absolute atomic E-state index is 8.48. The standard InChI is InChI=1S/C7H12N2/c1-2-6-3-7(9,4-6)5-8/h6H,2-4,9H2,1H3/t6-,7+. The number of nitriles is 1. The van der Waals surface area contributed by atoms with Crippen molar-refractivity contribution in [3.8, 4) is 6.07 Å². The topological polar surface area (TPSA) is 49.8 Å². The Bertz CT molecular complexity index is 139. The molecule has 1 saturated carbocycles. The number of hydrogen-bond acceptors (Lipinski definition) is 2. The second-order valence-electron chi connectivity index (χ2n) is 2.95. The zero-order valence-corrected chi connectivity index (χ0v) is 5.72. The molecule has 2 nitrogen and oxygen atoms in total. The molecule has 0 amide bonds. The van der Waals surface area contributed by atoms with Crippen LogP contribution in [0.15, 0.2) is 0 Å². The highest BCUT2D eigenvalue weighted by atomic mass is 14.8. The molecule has 2 N–H and O–H groups in total. The predicted octanol–water partition coefficient (Wildman–Crippen LogP) is 1.03. The van der Waals surface area contributed by atoms with Gasteiger partial charge in [-0.05, 0) is 18.8 Å². The fraction of sp³-hybridized carbons (Fsp3) is 0.857. The van der Waals surface area contributed by atoms with Crippen LogP contribution in [0, 0.1) is 17.2 Å². The molecule has 1 rings (SSSR count). The van der Waals surface area contributed by atoms with E-state index in [1.807, 2.05) is 0 Å². The third-order valence-corrected chi connectivity index (χ3v) is 2.11. The van der Waals surface area contributed by atoms with Gasteiger partial charge in [-0.1, -0.05) is 13.3 Å². The highest BCUT2D eigenvalue weighted by Gasteiger charge is 2.39. The van der Waals surface area contributed by atoms with E-state index in [4.69, 9.17) is 11.0 Å². The summed E-state index contributed by atoms with van der Waals surface area (Å²) in [6.45, 7) is 2.14. The summed E-state index contributed by atoms with van der Waals surface area (Å²) in [6.07, 6.45) is 2.97. The first-order valence-electron chi connectivity index (χ1n) is 3.40. The van der Waals surface area contributed by atoms with E-state index in [-0.39, 0.29) is 0 Å². The Morgan fingerprint density at radius 2 is 2.33 bits per heavy atom. The van der Waals surface area contributed by atoms with Gasteiger partial charge in [0.1, 0.15) is 5.54 Å². The maximum Gasteiger partial charge on any atom is 0.104 e. The van der Waals surface area contributed by atoms with Crippen molar-refractivity contribution in [1.82, 2.24) is 0 Å². The van der Waals surface area contributed by atoms with E-state index in [0.29, 0.717) is 0 Å². The smallest absolute Gasteiger partial charge is 0.104 e. The van der Waals surface area contributed by atoms with Gasteiger partial charge in [-0.2, -0.15) is 5.26 Å². The second kappa shape index (κ2) is 2.00. The van der Waals surface area contributed by atoms with Gasteiger partial charge >= 0.3 is 0 Å². The lowest BCUT2D eigenvalue weighted by Gasteiger charge is -2.38. The van der Waals surface area contributed by atoms with Crippen LogP contribution in [0.4, 0.5) is 0 Å². The molecule has 0 unspecified atom stereocenters. The quantitative estimate of drug-likeness (QED) is 0.567. The minimum atomic E-state index is -0.458. The van der Waals surface area contributed by atoms with E-state index in [1.54, 1.807) is 0 Å². The van der Waals surface area contributed by atoms with Crippen LogP contribution < -0.4 is 5.73 Å². The van der Waals surface area contributed by atoms with E-state index in [9.17, 15) is 0 Å². The molecule has 9 heavy (non-hydrogen) atoms. The Balaban J connectivity index is 2.35. The van der Waals surface area contributed by atoms with Gasteiger partial charge in [-0.25, -0.2) is 0 Å². The van der Waals surface area contributed by atoms with Gasteiger partial charge in [-0.3, -0.25) is 0 Å². The molecule has 0 radical (unpaired) electrons. The van der Waals surface area contributed by atoms with Crippen molar-refractivity contribution in [2.75, 3.05) is 0 Å². The van der Waals surface area contributed by atoms with Crippen molar-refractivity contribution < 1.29 is 0 Å². The number of hydrogen-bond donors (Lipinski definition) is 1. The zero-order chi connectivity index (χ0) is 6.91. The Labute approximate surface area is 55.7 Å². The van der Waals surface area contributed by atoms with Crippen LogP contribution >= 0.6 is 0 Å². The molecule has 0 spiro atoms. The Hall–Kier alpha value is -0.550. The van der Waals surface area contributed by atoms with Crippen LogP contribution in [-0.4, -0.2) is 5.54 Å². The average molecular weight is 124 g/mol. The van der Waals surface area contributed by atoms with Gasteiger partial charge < -0.3 is 5.73 Å². The largest absolute Gasteiger partial charge is 0.313 e. The summed E-state index contributed by atoms with van der Waals surface area (Å²) >= 11 is 0. The molecule has 0 aromatic carbocycles. The number of nitrogens with zero attached hydrogens (tertiary/aromatic N) is 1. The van der Waals surface area contributed by atoms with Crippen LogP contribution in [0.2, 0.25) is 0 Å². The van der Waals surface area contributed by atoms with Crippen molar-refractivity contribution in [2.45, 2.75) is 31.7 Å². The van der Waals surface area contributed by atoms with Crippen LogP contribution in [-0.2, 0) is 0 Å². The summed E-state index contributed by atoms with van der Waals surface area (Å²) in [5.41, 5.74) is 5.15. The minimum absolute atomic E-state index is 0.458. The lowest BCUT2D eigenvalue weighted by Crippen LogP contribution is -2.50. The molecule has 1 aliphatic carbocycles. The molecule has 50 valence electrons. The molecule has 0 aliphatic heterocycles. The van der Waals surface area contributed by atoms with Crippen molar-refractivity contribution in [2.24, 2.45) is 11.7 Å².